The summed E-state index contributed by atoms with van der Waals surface area (Å²) in [7, 11) is 0. The Morgan fingerprint density at radius 2 is 2.41 bits per heavy atom. The Morgan fingerprint density at radius 1 is 1.59 bits per heavy atom. The fourth-order valence-electron chi connectivity index (χ4n) is 1.93. The summed E-state index contributed by atoms with van der Waals surface area (Å²) >= 11 is 0. The van der Waals surface area contributed by atoms with Crippen molar-refractivity contribution in [1.82, 2.24) is 0 Å². The highest BCUT2D eigenvalue weighted by Gasteiger charge is 2.16. The Bertz CT molecular complexity index is 376. The van der Waals surface area contributed by atoms with Crippen molar-refractivity contribution in [1.29, 1.82) is 0 Å². The molecule has 17 heavy (non-hydrogen) atoms. The van der Waals surface area contributed by atoms with Crippen molar-refractivity contribution >= 4 is 0 Å². The van der Waals surface area contributed by atoms with Gasteiger partial charge in [-0.25, -0.2) is 4.39 Å². The average molecular weight is 239 g/mol. The standard InChI is InChI=1S/C13H18FNO2/c1-9(15)12-5-4-10(7-13(12)14)17-8-11-3-2-6-16-11/h4-5,7,9,11H,2-3,6,8,15H2,1H3/t9-,11?/m0/s1. The van der Waals surface area contributed by atoms with Crippen LogP contribution in [0.15, 0.2) is 18.2 Å². The largest absolute Gasteiger partial charge is 0.491 e. The first-order chi connectivity index (χ1) is 8.16. The van der Waals surface area contributed by atoms with E-state index in [1.807, 2.05) is 0 Å². The third-order valence-electron chi connectivity index (χ3n) is 2.92. The van der Waals surface area contributed by atoms with Crippen LogP contribution in [0.5, 0.6) is 5.75 Å². The van der Waals surface area contributed by atoms with Gasteiger partial charge in [-0.1, -0.05) is 6.07 Å². The second kappa shape index (κ2) is 5.47. The van der Waals surface area contributed by atoms with E-state index in [1.54, 1.807) is 19.1 Å². The molecule has 0 bridgehead atoms. The van der Waals surface area contributed by atoms with E-state index >= 15 is 0 Å². The zero-order valence-electron chi connectivity index (χ0n) is 9.99. The summed E-state index contributed by atoms with van der Waals surface area (Å²) in [5.41, 5.74) is 6.15. The molecule has 1 heterocycles. The highest BCUT2D eigenvalue weighted by atomic mass is 19.1. The van der Waals surface area contributed by atoms with Crippen molar-refractivity contribution in [2.24, 2.45) is 5.73 Å². The first-order valence-corrected chi connectivity index (χ1v) is 5.96. The predicted octanol–water partition coefficient (Wildman–Crippen LogP) is 2.40. The van der Waals surface area contributed by atoms with Crippen LogP contribution in [0, 0.1) is 5.82 Å². The van der Waals surface area contributed by atoms with Gasteiger partial charge in [-0.05, 0) is 25.8 Å². The van der Waals surface area contributed by atoms with Crippen molar-refractivity contribution in [3.8, 4) is 5.75 Å². The lowest BCUT2D eigenvalue weighted by atomic mass is 10.1. The quantitative estimate of drug-likeness (QED) is 0.877. The summed E-state index contributed by atoms with van der Waals surface area (Å²) in [6.45, 7) is 3.04. The van der Waals surface area contributed by atoms with E-state index in [2.05, 4.69) is 0 Å². The van der Waals surface area contributed by atoms with E-state index in [-0.39, 0.29) is 18.0 Å². The third kappa shape index (κ3) is 3.17. The highest BCUT2D eigenvalue weighted by molar-refractivity contribution is 5.30. The van der Waals surface area contributed by atoms with Gasteiger partial charge in [0.1, 0.15) is 18.2 Å². The molecule has 4 heteroatoms. The summed E-state index contributed by atoms with van der Waals surface area (Å²) in [5.74, 6) is 0.215. The fraction of sp³-hybridized carbons (Fsp3) is 0.538. The lowest BCUT2D eigenvalue weighted by molar-refractivity contribution is 0.0678. The minimum Gasteiger partial charge on any atom is -0.491 e. The Hall–Kier alpha value is -1.13. The van der Waals surface area contributed by atoms with Crippen LogP contribution in [0.3, 0.4) is 0 Å². The molecule has 0 saturated carbocycles. The van der Waals surface area contributed by atoms with Crippen LogP contribution < -0.4 is 10.5 Å². The lowest BCUT2D eigenvalue weighted by Gasteiger charge is -2.13. The second-order valence-corrected chi connectivity index (χ2v) is 4.42. The average Bonchev–Trinajstić information content (AvgIpc) is 2.78. The molecule has 1 saturated heterocycles. The Labute approximate surface area is 101 Å². The molecular weight excluding hydrogens is 221 g/mol. The van der Waals surface area contributed by atoms with Gasteiger partial charge in [0.05, 0.1) is 6.10 Å². The van der Waals surface area contributed by atoms with Gasteiger partial charge >= 0.3 is 0 Å². The highest BCUT2D eigenvalue weighted by Crippen LogP contribution is 2.21. The van der Waals surface area contributed by atoms with Gasteiger partial charge in [-0.2, -0.15) is 0 Å². The Kier molecular flexibility index (Phi) is 3.97. The monoisotopic (exact) mass is 239 g/mol. The number of halogens is 1. The maximum Gasteiger partial charge on any atom is 0.131 e. The van der Waals surface area contributed by atoms with E-state index in [0.717, 1.165) is 19.4 Å². The zero-order chi connectivity index (χ0) is 12.3. The molecular formula is C13H18FNO2. The molecule has 1 fully saturated rings. The van der Waals surface area contributed by atoms with Crippen molar-refractivity contribution in [3.63, 3.8) is 0 Å². The lowest BCUT2D eigenvalue weighted by Crippen LogP contribution is -2.16. The van der Waals surface area contributed by atoms with E-state index < -0.39 is 0 Å². The van der Waals surface area contributed by atoms with Crippen molar-refractivity contribution in [3.05, 3.63) is 29.6 Å². The van der Waals surface area contributed by atoms with Gasteiger partial charge in [0.15, 0.2) is 0 Å². The molecule has 0 spiro atoms. The second-order valence-electron chi connectivity index (χ2n) is 4.42. The van der Waals surface area contributed by atoms with Crippen LogP contribution in [-0.4, -0.2) is 19.3 Å². The van der Waals surface area contributed by atoms with Crippen LogP contribution in [0.4, 0.5) is 4.39 Å². The predicted molar refractivity (Wildman–Crippen MR) is 63.5 cm³/mol. The molecule has 3 nitrogen and oxygen atoms in total. The van der Waals surface area contributed by atoms with Crippen LogP contribution >= 0.6 is 0 Å². The number of nitrogens with two attached hydrogens (primary N) is 1. The molecule has 94 valence electrons. The first-order valence-electron chi connectivity index (χ1n) is 5.96. The Balaban J connectivity index is 1.94. The number of rotatable bonds is 4. The smallest absolute Gasteiger partial charge is 0.131 e. The van der Waals surface area contributed by atoms with Crippen LogP contribution in [0.1, 0.15) is 31.4 Å². The van der Waals surface area contributed by atoms with Crippen LogP contribution in [0.2, 0.25) is 0 Å². The van der Waals surface area contributed by atoms with Crippen LogP contribution in [-0.2, 0) is 4.74 Å². The van der Waals surface area contributed by atoms with Crippen molar-refractivity contribution in [2.45, 2.75) is 31.9 Å². The summed E-state index contributed by atoms with van der Waals surface area (Å²) in [6, 6.07) is 4.50. The van der Waals surface area contributed by atoms with Gasteiger partial charge in [-0.3, -0.25) is 0 Å². The molecule has 2 N–H and O–H groups in total. The van der Waals surface area contributed by atoms with Crippen molar-refractivity contribution < 1.29 is 13.9 Å². The number of ether oxygens (including phenoxy) is 2. The normalized spacial score (nSPS) is 21.5. The first kappa shape index (κ1) is 12.3. The third-order valence-corrected chi connectivity index (χ3v) is 2.92. The maximum atomic E-state index is 13.6. The molecule has 1 aliphatic heterocycles. The van der Waals surface area contributed by atoms with E-state index in [9.17, 15) is 4.39 Å². The molecule has 2 rings (SSSR count). The SMILES string of the molecule is C[C@H](N)c1ccc(OCC2CCCO2)cc1F. The maximum absolute atomic E-state index is 13.6. The molecule has 1 aliphatic rings. The van der Waals surface area contributed by atoms with E-state index in [1.165, 1.54) is 6.07 Å². The molecule has 0 radical (unpaired) electrons. The molecule has 0 aliphatic carbocycles. The summed E-state index contributed by atoms with van der Waals surface area (Å²) in [4.78, 5) is 0. The topological polar surface area (TPSA) is 44.5 Å². The molecule has 1 unspecified atom stereocenters. The summed E-state index contributed by atoms with van der Waals surface area (Å²) in [5, 5.41) is 0. The number of hydrogen-bond acceptors (Lipinski definition) is 3. The van der Waals surface area contributed by atoms with E-state index in [4.69, 9.17) is 15.2 Å². The molecule has 1 aromatic carbocycles. The van der Waals surface area contributed by atoms with Crippen LogP contribution in [0.25, 0.3) is 0 Å². The minimum absolute atomic E-state index is 0.145. The molecule has 1 aromatic rings. The van der Waals surface area contributed by atoms with Crippen molar-refractivity contribution in [2.75, 3.05) is 13.2 Å². The summed E-state index contributed by atoms with van der Waals surface area (Å²) in [6.07, 6.45) is 2.23. The van der Waals surface area contributed by atoms with Gasteiger partial charge < -0.3 is 15.2 Å². The minimum atomic E-state index is -0.315. The van der Waals surface area contributed by atoms with Gasteiger partial charge in [-0.15, -0.1) is 0 Å². The molecule has 2 atom stereocenters. The number of hydrogen-bond donors (Lipinski definition) is 1. The fourth-order valence-corrected chi connectivity index (χ4v) is 1.93. The van der Waals surface area contributed by atoms with E-state index in [0.29, 0.717) is 17.9 Å². The van der Waals surface area contributed by atoms with Gasteiger partial charge in [0, 0.05) is 24.3 Å². The molecule has 0 amide bonds. The number of benzene rings is 1. The van der Waals surface area contributed by atoms with Gasteiger partial charge in [0.25, 0.3) is 0 Å². The molecule has 0 aromatic heterocycles. The Morgan fingerprint density at radius 3 is 3.00 bits per heavy atom. The summed E-state index contributed by atoms with van der Waals surface area (Å²) < 4.78 is 24.5. The zero-order valence-corrected chi connectivity index (χ0v) is 9.99. The van der Waals surface area contributed by atoms with Gasteiger partial charge in [0.2, 0.25) is 0 Å².